The van der Waals surface area contributed by atoms with E-state index in [-0.39, 0.29) is 17.6 Å². The van der Waals surface area contributed by atoms with Crippen LogP contribution in [0.4, 0.5) is 4.79 Å². The Morgan fingerprint density at radius 1 is 1.35 bits per heavy atom. The summed E-state index contributed by atoms with van der Waals surface area (Å²) in [7, 11) is 1.49. The van der Waals surface area contributed by atoms with E-state index in [1.807, 2.05) is 0 Å². The number of aliphatic imine (C=N–C) groups is 2. The fourth-order valence-corrected chi connectivity index (χ4v) is 2.74. The predicted molar refractivity (Wildman–Crippen MR) is 75.3 cm³/mol. The van der Waals surface area contributed by atoms with Crippen molar-refractivity contribution < 1.29 is 14.2 Å². The number of amidine groups is 2. The first-order valence-corrected chi connectivity index (χ1v) is 6.84. The molecule has 3 amide bonds. The van der Waals surface area contributed by atoms with Crippen molar-refractivity contribution in [3.8, 4) is 0 Å². The van der Waals surface area contributed by atoms with Crippen molar-refractivity contribution in [3.63, 3.8) is 0 Å². The monoisotopic (exact) mass is 273 g/mol. The minimum Gasteiger partial charge on any atom is -0.248 e. The van der Waals surface area contributed by atoms with Gasteiger partial charge in [0.25, 0.3) is 0 Å². The highest BCUT2D eigenvalue weighted by Gasteiger charge is 2.45. The standard InChI is InChI=1S/C14H17N4O2/c1-9-15-11-12(16-9)18(14(20)17(2)13(11)19)8-10-6-4-3-5-7-10/h3-4,10H,5-8H2,1-2H3/q+1. The Morgan fingerprint density at radius 2 is 2.15 bits per heavy atom. The predicted octanol–water partition coefficient (Wildman–Crippen LogP) is 1.22. The van der Waals surface area contributed by atoms with Gasteiger partial charge in [0, 0.05) is 6.92 Å². The van der Waals surface area contributed by atoms with Gasteiger partial charge in [-0.15, -0.1) is 0 Å². The molecule has 0 spiro atoms. The van der Waals surface area contributed by atoms with Crippen LogP contribution in [0, 0.1) is 5.92 Å². The number of carbonyl (C=O) groups is 2. The van der Waals surface area contributed by atoms with Crippen LogP contribution in [0.1, 0.15) is 26.2 Å². The van der Waals surface area contributed by atoms with Crippen LogP contribution in [0.5, 0.6) is 0 Å². The van der Waals surface area contributed by atoms with E-state index in [0.717, 1.165) is 24.2 Å². The van der Waals surface area contributed by atoms with E-state index in [9.17, 15) is 9.59 Å². The Balaban J connectivity index is 1.97. The fraction of sp³-hybridized carbons (Fsp3) is 0.500. The third-order valence-electron chi connectivity index (χ3n) is 3.85. The van der Waals surface area contributed by atoms with Gasteiger partial charge in [0.05, 0.1) is 13.6 Å². The molecule has 6 nitrogen and oxygen atoms in total. The summed E-state index contributed by atoms with van der Waals surface area (Å²) in [5, 5.41) is 0. The molecular formula is C14H17N4O2+. The van der Waals surface area contributed by atoms with E-state index in [2.05, 4.69) is 22.1 Å². The van der Waals surface area contributed by atoms with Crippen molar-refractivity contribution in [3.05, 3.63) is 12.2 Å². The Labute approximate surface area is 117 Å². The van der Waals surface area contributed by atoms with Crippen molar-refractivity contribution in [2.24, 2.45) is 15.9 Å². The molecule has 2 aliphatic heterocycles. The maximum Gasteiger partial charge on any atom is 0.446 e. The highest BCUT2D eigenvalue weighted by atomic mass is 16.2. The molecule has 0 aromatic rings. The Morgan fingerprint density at radius 3 is 2.85 bits per heavy atom. The summed E-state index contributed by atoms with van der Waals surface area (Å²) in [5.74, 6) is 0.992. The van der Waals surface area contributed by atoms with Crippen LogP contribution in [-0.4, -0.2) is 52.4 Å². The normalized spacial score (nSPS) is 25.9. The lowest BCUT2D eigenvalue weighted by atomic mass is 9.94. The lowest BCUT2D eigenvalue weighted by molar-refractivity contribution is -0.444. The second-order valence-corrected chi connectivity index (χ2v) is 5.35. The van der Waals surface area contributed by atoms with Gasteiger partial charge in [0.1, 0.15) is 0 Å². The van der Waals surface area contributed by atoms with Crippen LogP contribution >= 0.6 is 0 Å². The zero-order valence-corrected chi connectivity index (χ0v) is 11.7. The third kappa shape index (κ3) is 2.01. The van der Waals surface area contributed by atoms with E-state index >= 15 is 0 Å². The second kappa shape index (κ2) is 4.77. The van der Waals surface area contributed by atoms with E-state index in [1.165, 1.54) is 7.05 Å². The van der Waals surface area contributed by atoms with Gasteiger partial charge in [-0.1, -0.05) is 17.1 Å². The maximum atomic E-state index is 12.3. The Bertz CT molecular complexity index is 613. The van der Waals surface area contributed by atoms with Crippen molar-refractivity contribution in [2.45, 2.75) is 26.2 Å². The fourth-order valence-electron chi connectivity index (χ4n) is 2.74. The van der Waals surface area contributed by atoms with E-state index in [1.54, 1.807) is 11.5 Å². The smallest absolute Gasteiger partial charge is 0.248 e. The molecule has 0 bridgehead atoms. The van der Waals surface area contributed by atoms with Gasteiger partial charge in [-0.3, -0.25) is 0 Å². The summed E-state index contributed by atoms with van der Waals surface area (Å²) in [6, 6.07) is -0.308. The molecule has 0 radical (unpaired) electrons. The molecule has 3 aliphatic rings. The number of nitrogens with zero attached hydrogens (tertiary/aromatic N) is 4. The van der Waals surface area contributed by atoms with Gasteiger partial charge in [0.2, 0.25) is 11.5 Å². The quantitative estimate of drug-likeness (QED) is 0.561. The molecule has 0 saturated heterocycles. The van der Waals surface area contributed by atoms with Gasteiger partial charge < -0.3 is 0 Å². The molecule has 3 rings (SSSR count). The Hall–Kier alpha value is -2.11. The van der Waals surface area contributed by atoms with Gasteiger partial charge in [-0.2, -0.15) is 9.48 Å². The number of amides is 3. The average molecular weight is 273 g/mol. The summed E-state index contributed by atoms with van der Waals surface area (Å²) < 4.78 is 1.60. The van der Waals surface area contributed by atoms with Crippen LogP contribution < -0.4 is 0 Å². The minimum atomic E-state index is -0.370. The molecule has 0 N–H and O–H groups in total. The number of hydrogen-bond donors (Lipinski definition) is 0. The molecule has 6 heteroatoms. The van der Waals surface area contributed by atoms with Crippen LogP contribution in [0.2, 0.25) is 0 Å². The minimum absolute atomic E-state index is 0.288. The van der Waals surface area contributed by atoms with Crippen molar-refractivity contribution in [1.29, 1.82) is 0 Å². The Kier molecular flexibility index (Phi) is 3.08. The number of imide groups is 1. The topological polar surface area (TPSA) is 65.1 Å². The van der Waals surface area contributed by atoms with Crippen LogP contribution in [0.15, 0.2) is 22.1 Å². The van der Waals surface area contributed by atoms with Crippen LogP contribution in [0.25, 0.3) is 0 Å². The van der Waals surface area contributed by atoms with Crippen molar-refractivity contribution in [1.82, 2.24) is 4.90 Å². The van der Waals surface area contributed by atoms with E-state index < -0.39 is 0 Å². The first-order chi connectivity index (χ1) is 9.58. The van der Waals surface area contributed by atoms with Gasteiger partial charge >= 0.3 is 17.8 Å². The molecule has 1 unspecified atom stereocenters. The van der Waals surface area contributed by atoms with Crippen LogP contribution in [0.3, 0.4) is 0 Å². The van der Waals surface area contributed by atoms with Crippen LogP contribution in [-0.2, 0) is 4.79 Å². The molecule has 20 heavy (non-hydrogen) atoms. The number of hydrogen-bond acceptors (Lipinski definition) is 4. The molecule has 2 heterocycles. The molecule has 0 fully saturated rings. The molecule has 0 saturated carbocycles. The maximum absolute atomic E-state index is 12.3. The second-order valence-electron chi connectivity index (χ2n) is 5.35. The van der Waals surface area contributed by atoms with Gasteiger partial charge in [0.15, 0.2) is 0 Å². The van der Waals surface area contributed by atoms with Gasteiger partial charge in [-0.25, -0.2) is 14.6 Å². The lowest BCUT2D eigenvalue weighted by Gasteiger charge is -2.23. The van der Waals surface area contributed by atoms with Gasteiger partial charge in [-0.05, 0) is 25.2 Å². The molecule has 1 aliphatic carbocycles. The number of fused-ring (bicyclic) bond motifs is 1. The van der Waals surface area contributed by atoms with Crippen molar-refractivity contribution >= 4 is 29.3 Å². The zero-order valence-electron chi connectivity index (χ0n) is 11.7. The number of rotatable bonds is 2. The summed E-state index contributed by atoms with van der Waals surface area (Å²) in [4.78, 5) is 33.9. The molecule has 1 atom stereocenters. The molecular weight excluding hydrogens is 256 g/mol. The third-order valence-corrected chi connectivity index (χ3v) is 3.85. The zero-order chi connectivity index (χ0) is 14.3. The highest BCUT2D eigenvalue weighted by molar-refractivity contribution is 6.70. The molecule has 104 valence electrons. The summed E-state index contributed by atoms with van der Waals surface area (Å²) in [6.45, 7) is 2.32. The number of allylic oxidation sites excluding steroid dienone is 2. The first kappa shape index (κ1) is 12.9. The van der Waals surface area contributed by atoms with Crippen molar-refractivity contribution in [2.75, 3.05) is 13.6 Å². The summed E-state index contributed by atoms with van der Waals surface area (Å²) in [6.07, 6.45) is 7.38. The number of carbonyl (C=O) groups excluding carboxylic acids is 2. The SMILES string of the molecule is CC1=NC2=[N+](CC3CC=CCC3)C(=O)N(C)C(=O)C2=N1. The highest BCUT2D eigenvalue weighted by Crippen LogP contribution is 2.20. The average Bonchev–Trinajstić information content (AvgIpc) is 2.84. The summed E-state index contributed by atoms with van der Waals surface area (Å²) >= 11 is 0. The largest absolute Gasteiger partial charge is 0.446 e. The molecule has 0 aromatic carbocycles. The molecule has 0 aromatic heterocycles. The first-order valence-electron chi connectivity index (χ1n) is 6.84. The lowest BCUT2D eigenvalue weighted by Crippen LogP contribution is -2.53. The van der Waals surface area contributed by atoms with E-state index in [4.69, 9.17) is 0 Å². The van der Waals surface area contributed by atoms with E-state index in [0.29, 0.717) is 24.1 Å². The number of urea groups is 1. The summed E-state index contributed by atoms with van der Waals surface area (Å²) in [5.41, 5.74) is 0.288.